The number of benzene rings is 1. The highest BCUT2D eigenvalue weighted by molar-refractivity contribution is 5.92. The highest BCUT2D eigenvalue weighted by Crippen LogP contribution is 2.21. The fraction of sp³-hybridized carbons (Fsp3) is 0.176. The number of carbonyl (C=O) groups is 1. The molecule has 0 N–H and O–H groups in total. The Kier molecular flexibility index (Phi) is 4.24. The number of halogens is 3. The van der Waals surface area contributed by atoms with Crippen molar-refractivity contribution < 1.29 is 22.7 Å². The van der Waals surface area contributed by atoms with Gasteiger partial charge in [0.05, 0.1) is 24.9 Å². The van der Waals surface area contributed by atoms with Gasteiger partial charge in [0.25, 0.3) is 0 Å². The first-order valence-electron chi connectivity index (χ1n) is 7.25. The van der Waals surface area contributed by atoms with E-state index in [2.05, 4.69) is 4.98 Å². The van der Waals surface area contributed by atoms with E-state index in [9.17, 15) is 18.0 Å². The Bertz CT molecular complexity index is 922. The first kappa shape index (κ1) is 16.0. The first-order chi connectivity index (χ1) is 11.5. The highest BCUT2D eigenvalue weighted by atomic mass is 19.2. The van der Waals surface area contributed by atoms with Crippen molar-refractivity contribution in [1.29, 1.82) is 0 Å². The van der Waals surface area contributed by atoms with Gasteiger partial charge in [-0.1, -0.05) is 6.07 Å². The molecule has 0 fully saturated rings. The lowest BCUT2D eigenvalue weighted by Gasteiger charge is -2.08. The number of pyridine rings is 1. The number of ether oxygens (including phenoxy) is 1. The maximum absolute atomic E-state index is 13.8. The number of esters is 1. The molecule has 4 nitrogen and oxygen atoms in total. The van der Waals surface area contributed by atoms with Crippen molar-refractivity contribution in [3.63, 3.8) is 0 Å². The molecular formula is C17H13F3N2O2. The van der Waals surface area contributed by atoms with Crippen molar-refractivity contribution in [3.8, 4) is 0 Å². The van der Waals surface area contributed by atoms with E-state index in [0.29, 0.717) is 10.9 Å². The second kappa shape index (κ2) is 6.35. The summed E-state index contributed by atoms with van der Waals surface area (Å²) in [7, 11) is 0. The maximum Gasteiger partial charge on any atom is 0.356 e. The molecule has 0 saturated heterocycles. The molecule has 0 saturated carbocycles. The number of rotatable bonds is 4. The lowest BCUT2D eigenvalue weighted by Crippen LogP contribution is -2.07. The SMILES string of the molecule is CCOC(=O)c1cc2ccn(Cc3ccc(F)c(F)c3F)c2cn1. The summed E-state index contributed by atoms with van der Waals surface area (Å²) in [5.74, 6) is -4.47. The van der Waals surface area contributed by atoms with Crippen LogP contribution in [0.4, 0.5) is 13.2 Å². The van der Waals surface area contributed by atoms with Gasteiger partial charge in [0, 0.05) is 17.1 Å². The van der Waals surface area contributed by atoms with Crippen molar-refractivity contribution in [3.05, 3.63) is 65.4 Å². The molecule has 3 rings (SSSR count). The largest absolute Gasteiger partial charge is 0.461 e. The zero-order chi connectivity index (χ0) is 17.3. The van der Waals surface area contributed by atoms with Crippen LogP contribution in [0.1, 0.15) is 23.0 Å². The molecule has 0 aliphatic heterocycles. The second-order valence-electron chi connectivity index (χ2n) is 5.13. The summed E-state index contributed by atoms with van der Waals surface area (Å²) in [5.41, 5.74) is 0.814. The number of fused-ring (bicyclic) bond motifs is 1. The molecule has 0 aliphatic carbocycles. The molecule has 24 heavy (non-hydrogen) atoms. The van der Waals surface area contributed by atoms with E-state index in [1.165, 1.54) is 12.3 Å². The summed E-state index contributed by atoms with van der Waals surface area (Å²) in [6, 6.07) is 5.36. The zero-order valence-electron chi connectivity index (χ0n) is 12.7. The minimum atomic E-state index is -1.49. The van der Waals surface area contributed by atoms with Crippen LogP contribution in [0.2, 0.25) is 0 Å². The minimum Gasteiger partial charge on any atom is -0.461 e. The molecule has 0 atom stereocenters. The summed E-state index contributed by atoms with van der Waals surface area (Å²) in [5, 5.41) is 0.705. The summed E-state index contributed by atoms with van der Waals surface area (Å²) >= 11 is 0. The van der Waals surface area contributed by atoms with Crippen LogP contribution in [0.3, 0.4) is 0 Å². The van der Waals surface area contributed by atoms with Crippen molar-refractivity contribution >= 4 is 16.9 Å². The van der Waals surface area contributed by atoms with Gasteiger partial charge < -0.3 is 9.30 Å². The average molecular weight is 334 g/mol. The molecule has 7 heteroatoms. The molecule has 0 radical (unpaired) electrons. The summed E-state index contributed by atoms with van der Waals surface area (Å²) < 4.78 is 46.6. The molecule has 0 amide bonds. The third-order valence-corrected chi connectivity index (χ3v) is 3.60. The molecule has 2 aromatic heterocycles. The lowest BCUT2D eigenvalue weighted by molar-refractivity contribution is 0.0519. The van der Waals surface area contributed by atoms with E-state index in [1.54, 1.807) is 29.8 Å². The monoisotopic (exact) mass is 334 g/mol. The van der Waals surface area contributed by atoms with Crippen LogP contribution in [-0.2, 0) is 11.3 Å². The topological polar surface area (TPSA) is 44.1 Å². The van der Waals surface area contributed by atoms with Crippen molar-refractivity contribution in [1.82, 2.24) is 9.55 Å². The Hall–Kier alpha value is -2.83. The average Bonchev–Trinajstić information content (AvgIpc) is 2.98. The molecule has 0 aliphatic rings. The van der Waals surface area contributed by atoms with Gasteiger partial charge in [-0.3, -0.25) is 0 Å². The highest BCUT2D eigenvalue weighted by Gasteiger charge is 2.15. The number of carbonyl (C=O) groups excluding carboxylic acids is 1. The fourth-order valence-corrected chi connectivity index (χ4v) is 2.41. The molecule has 1 aromatic carbocycles. The Labute approximate surface area is 135 Å². The van der Waals surface area contributed by atoms with Crippen LogP contribution < -0.4 is 0 Å². The first-order valence-corrected chi connectivity index (χ1v) is 7.25. The Balaban J connectivity index is 1.94. The normalized spacial score (nSPS) is 11.0. The van der Waals surface area contributed by atoms with E-state index in [4.69, 9.17) is 4.74 Å². The van der Waals surface area contributed by atoms with Gasteiger partial charge in [0.15, 0.2) is 17.5 Å². The fourth-order valence-electron chi connectivity index (χ4n) is 2.41. The van der Waals surface area contributed by atoms with Crippen molar-refractivity contribution in [2.75, 3.05) is 6.61 Å². The standard InChI is InChI=1S/C17H13F3N2O2/c1-2-24-17(23)13-7-10-5-6-22(14(10)8-21-13)9-11-3-4-12(18)16(20)15(11)19/h3-8H,2,9H2,1H3. The minimum absolute atomic E-state index is 0.00691. The molecule has 124 valence electrons. The molecule has 0 bridgehead atoms. The van der Waals surface area contributed by atoms with Crippen LogP contribution in [-0.4, -0.2) is 22.1 Å². The van der Waals surface area contributed by atoms with Crippen LogP contribution in [0.15, 0.2) is 36.7 Å². The number of hydrogen-bond acceptors (Lipinski definition) is 3. The van der Waals surface area contributed by atoms with Gasteiger partial charge in [-0.05, 0) is 25.1 Å². The van der Waals surface area contributed by atoms with Gasteiger partial charge in [0.1, 0.15) is 5.69 Å². The molecule has 2 heterocycles. The third kappa shape index (κ3) is 2.84. The van der Waals surface area contributed by atoms with Gasteiger partial charge in [0.2, 0.25) is 0 Å². The Morgan fingerprint density at radius 3 is 2.75 bits per heavy atom. The van der Waals surface area contributed by atoms with E-state index >= 15 is 0 Å². The quantitative estimate of drug-likeness (QED) is 0.540. The van der Waals surface area contributed by atoms with Crippen LogP contribution >= 0.6 is 0 Å². The van der Waals surface area contributed by atoms with Crippen LogP contribution in [0, 0.1) is 17.5 Å². The Morgan fingerprint density at radius 2 is 2.00 bits per heavy atom. The summed E-state index contributed by atoms with van der Waals surface area (Å²) in [4.78, 5) is 15.7. The number of hydrogen-bond donors (Lipinski definition) is 0. The van der Waals surface area contributed by atoms with Crippen molar-refractivity contribution in [2.45, 2.75) is 13.5 Å². The molecular weight excluding hydrogens is 321 g/mol. The smallest absolute Gasteiger partial charge is 0.356 e. The van der Waals surface area contributed by atoms with Gasteiger partial charge in [-0.2, -0.15) is 0 Å². The second-order valence-corrected chi connectivity index (χ2v) is 5.13. The van der Waals surface area contributed by atoms with Gasteiger partial charge >= 0.3 is 5.97 Å². The Morgan fingerprint density at radius 1 is 1.21 bits per heavy atom. The summed E-state index contributed by atoms with van der Waals surface area (Å²) in [6.45, 7) is 1.95. The van der Waals surface area contributed by atoms with Crippen molar-refractivity contribution in [2.24, 2.45) is 0 Å². The molecule has 3 aromatic rings. The summed E-state index contributed by atoms with van der Waals surface area (Å²) in [6.07, 6.45) is 3.11. The molecule has 0 unspecified atom stereocenters. The number of nitrogens with zero attached hydrogens (tertiary/aromatic N) is 2. The van der Waals surface area contributed by atoms with Crippen LogP contribution in [0.5, 0.6) is 0 Å². The van der Waals surface area contributed by atoms with E-state index < -0.39 is 23.4 Å². The van der Waals surface area contributed by atoms with E-state index in [0.717, 1.165) is 6.07 Å². The number of aromatic nitrogens is 2. The maximum atomic E-state index is 13.8. The lowest BCUT2D eigenvalue weighted by atomic mass is 10.2. The predicted molar refractivity (Wildman–Crippen MR) is 81.1 cm³/mol. The predicted octanol–water partition coefficient (Wildman–Crippen LogP) is 3.68. The van der Waals surface area contributed by atoms with Gasteiger partial charge in [-0.25, -0.2) is 22.9 Å². The third-order valence-electron chi connectivity index (χ3n) is 3.60. The molecule has 0 spiro atoms. The zero-order valence-corrected chi connectivity index (χ0v) is 12.7. The van der Waals surface area contributed by atoms with E-state index in [1.807, 2.05) is 0 Å². The van der Waals surface area contributed by atoms with Crippen LogP contribution in [0.25, 0.3) is 10.9 Å². The van der Waals surface area contributed by atoms with Gasteiger partial charge in [-0.15, -0.1) is 0 Å². The van der Waals surface area contributed by atoms with E-state index in [-0.39, 0.29) is 24.4 Å².